The summed E-state index contributed by atoms with van der Waals surface area (Å²) in [6, 6.07) is 0. The van der Waals surface area contributed by atoms with E-state index < -0.39 is 0 Å². The number of allylic oxidation sites excluding steroid dienone is 4. The minimum atomic E-state index is 0.182. The Morgan fingerprint density at radius 2 is 2.36 bits per heavy atom. The van der Waals surface area contributed by atoms with Crippen molar-refractivity contribution in [3.63, 3.8) is 0 Å². The molecule has 0 N–H and O–H groups in total. The highest BCUT2D eigenvalue weighted by Crippen LogP contribution is 2.16. The lowest BCUT2D eigenvalue weighted by Gasteiger charge is -2.27. The van der Waals surface area contributed by atoms with Crippen molar-refractivity contribution in [1.82, 2.24) is 4.90 Å². The Kier molecular flexibility index (Phi) is 4.17. The highest BCUT2D eigenvalue weighted by molar-refractivity contribution is 5.72. The maximum Gasteiger partial charge on any atom is 0.142 e. The van der Waals surface area contributed by atoms with Crippen molar-refractivity contribution >= 4 is 6.21 Å². The van der Waals surface area contributed by atoms with Gasteiger partial charge in [-0.2, -0.15) is 0 Å². The molecule has 0 aromatic carbocycles. The van der Waals surface area contributed by atoms with E-state index in [2.05, 4.69) is 42.2 Å². The lowest BCUT2D eigenvalue weighted by atomic mass is 10.1. The van der Waals surface area contributed by atoms with Crippen LogP contribution in [0.25, 0.3) is 0 Å². The Morgan fingerprint density at radius 1 is 1.57 bits per heavy atom. The molecular formula is C12H18N2. The quantitative estimate of drug-likeness (QED) is 0.625. The van der Waals surface area contributed by atoms with Gasteiger partial charge in [0.15, 0.2) is 0 Å². The van der Waals surface area contributed by atoms with Crippen LogP contribution in [-0.2, 0) is 0 Å². The van der Waals surface area contributed by atoms with Crippen LogP contribution >= 0.6 is 0 Å². The van der Waals surface area contributed by atoms with E-state index >= 15 is 0 Å². The predicted molar refractivity (Wildman–Crippen MR) is 62.4 cm³/mol. The van der Waals surface area contributed by atoms with Crippen LogP contribution in [0, 0.1) is 0 Å². The molecule has 0 spiro atoms. The molecule has 1 unspecified atom stereocenters. The molecule has 0 fully saturated rings. The van der Waals surface area contributed by atoms with E-state index in [1.54, 1.807) is 0 Å². The Labute approximate surface area is 86.3 Å². The molecule has 0 saturated heterocycles. The maximum atomic E-state index is 4.45. The van der Waals surface area contributed by atoms with Crippen molar-refractivity contribution in [2.75, 3.05) is 7.05 Å². The molecule has 14 heavy (non-hydrogen) atoms. The van der Waals surface area contributed by atoms with Crippen molar-refractivity contribution in [3.05, 3.63) is 36.1 Å². The summed E-state index contributed by atoms with van der Waals surface area (Å²) in [7, 11) is 2.05. The Morgan fingerprint density at radius 3 is 2.93 bits per heavy atom. The van der Waals surface area contributed by atoms with Crippen molar-refractivity contribution in [1.29, 1.82) is 0 Å². The van der Waals surface area contributed by atoms with E-state index in [1.807, 2.05) is 25.3 Å². The van der Waals surface area contributed by atoms with Crippen LogP contribution in [0.2, 0.25) is 0 Å². The van der Waals surface area contributed by atoms with E-state index in [0.717, 1.165) is 6.42 Å². The van der Waals surface area contributed by atoms with Gasteiger partial charge >= 0.3 is 0 Å². The van der Waals surface area contributed by atoms with E-state index in [0.29, 0.717) is 0 Å². The molecule has 1 rings (SSSR count). The molecule has 1 aliphatic rings. The van der Waals surface area contributed by atoms with Crippen molar-refractivity contribution in [3.8, 4) is 0 Å². The van der Waals surface area contributed by atoms with Gasteiger partial charge in [0.05, 0.1) is 0 Å². The molecule has 1 heterocycles. The van der Waals surface area contributed by atoms with E-state index in [-0.39, 0.29) is 6.17 Å². The Balaban J connectivity index is 2.79. The summed E-state index contributed by atoms with van der Waals surface area (Å²) < 4.78 is 0. The first-order chi connectivity index (χ1) is 6.79. The third-order valence-electron chi connectivity index (χ3n) is 2.26. The first-order valence-electron chi connectivity index (χ1n) is 5.03. The smallest absolute Gasteiger partial charge is 0.142 e. The van der Waals surface area contributed by atoms with Crippen LogP contribution in [-0.4, -0.2) is 24.3 Å². The van der Waals surface area contributed by atoms with Gasteiger partial charge < -0.3 is 4.90 Å². The molecule has 0 aromatic rings. The third-order valence-corrected chi connectivity index (χ3v) is 2.26. The highest BCUT2D eigenvalue weighted by atomic mass is 15.2. The van der Waals surface area contributed by atoms with Gasteiger partial charge in [0.1, 0.15) is 6.17 Å². The fourth-order valence-corrected chi connectivity index (χ4v) is 1.46. The van der Waals surface area contributed by atoms with Gasteiger partial charge in [0, 0.05) is 19.5 Å². The van der Waals surface area contributed by atoms with Gasteiger partial charge in [-0.3, -0.25) is 4.99 Å². The van der Waals surface area contributed by atoms with Gasteiger partial charge in [0.2, 0.25) is 0 Å². The Bertz CT molecular complexity index is 285. The second-order valence-electron chi connectivity index (χ2n) is 3.30. The average molecular weight is 190 g/mol. The van der Waals surface area contributed by atoms with Crippen LogP contribution in [0.4, 0.5) is 0 Å². The second kappa shape index (κ2) is 5.43. The highest BCUT2D eigenvalue weighted by Gasteiger charge is 2.14. The fourth-order valence-electron chi connectivity index (χ4n) is 1.46. The summed E-state index contributed by atoms with van der Waals surface area (Å²) >= 11 is 0. The molecule has 0 bridgehead atoms. The topological polar surface area (TPSA) is 15.6 Å². The third kappa shape index (κ3) is 2.59. The van der Waals surface area contributed by atoms with Crippen LogP contribution in [0.15, 0.2) is 41.1 Å². The summed E-state index contributed by atoms with van der Waals surface area (Å²) in [5, 5.41) is 0. The van der Waals surface area contributed by atoms with Gasteiger partial charge in [-0.25, -0.2) is 0 Å². The molecule has 0 amide bonds. The molecule has 1 atom stereocenters. The fraction of sp³-hybridized carbons (Fsp3) is 0.417. The number of hydrogen-bond acceptors (Lipinski definition) is 2. The lowest BCUT2D eigenvalue weighted by Crippen LogP contribution is -2.29. The number of nitrogens with zero attached hydrogens (tertiary/aromatic N) is 2. The van der Waals surface area contributed by atoms with Crippen molar-refractivity contribution in [2.45, 2.75) is 26.4 Å². The largest absolute Gasteiger partial charge is 0.356 e. The summed E-state index contributed by atoms with van der Waals surface area (Å²) in [5.41, 5.74) is 1.34. The molecule has 2 nitrogen and oxygen atoms in total. The summed E-state index contributed by atoms with van der Waals surface area (Å²) in [4.78, 5) is 6.57. The SMILES string of the molecule is C/C=C\C=C(/CC)C1N=CC=CN1C. The maximum absolute atomic E-state index is 4.45. The van der Waals surface area contributed by atoms with Crippen LogP contribution in [0.1, 0.15) is 20.3 Å². The van der Waals surface area contributed by atoms with Crippen LogP contribution in [0.3, 0.4) is 0 Å². The Hall–Kier alpha value is -1.31. The standard InChI is InChI=1S/C12H18N2/c1-4-6-8-11(5-2)12-13-9-7-10-14(12)3/h4,6-10,12H,5H2,1-3H3/b6-4-,11-8+. The summed E-state index contributed by atoms with van der Waals surface area (Å²) in [6.07, 6.45) is 13.3. The number of likely N-dealkylation sites (N-methyl/N-ethyl adjacent to an activating group) is 1. The summed E-state index contributed by atoms with van der Waals surface area (Å²) in [6.45, 7) is 4.19. The lowest BCUT2D eigenvalue weighted by molar-refractivity contribution is 0.372. The summed E-state index contributed by atoms with van der Waals surface area (Å²) in [5.74, 6) is 0. The number of aliphatic imine (C=N–C) groups is 1. The molecule has 0 aromatic heterocycles. The minimum Gasteiger partial charge on any atom is -0.356 e. The van der Waals surface area contributed by atoms with Gasteiger partial charge in [-0.1, -0.05) is 25.2 Å². The molecule has 76 valence electrons. The molecule has 1 aliphatic heterocycles. The number of rotatable bonds is 3. The van der Waals surface area contributed by atoms with Crippen molar-refractivity contribution in [2.24, 2.45) is 4.99 Å². The average Bonchev–Trinajstić information content (AvgIpc) is 2.21. The van der Waals surface area contributed by atoms with Gasteiger partial charge in [0.25, 0.3) is 0 Å². The normalized spacial score (nSPS) is 22.4. The minimum absolute atomic E-state index is 0.182. The van der Waals surface area contributed by atoms with Gasteiger partial charge in [-0.05, 0) is 25.0 Å². The van der Waals surface area contributed by atoms with Crippen LogP contribution < -0.4 is 0 Å². The molecule has 2 heteroatoms. The number of hydrogen-bond donors (Lipinski definition) is 0. The van der Waals surface area contributed by atoms with E-state index in [4.69, 9.17) is 0 Å². The first-order valence-corrected chi connectivity index (χ1v) is 5.03. The zero-order valence-electron chi connectivity index (χ0n) is 9.14. The molecule has 0 saturated carbocycles. The zero-order valence-corrected chi connectivity index (χ0v) is 9.14. The molecule has 0 radical (unpaired) electrons. The molecular weight excluding hydrogens is 172 g/mol. The monoisotopic (exact) mass is 190 g/mol. The van der Waals surface area contributed by atoms with Gasteiger partial charge in [-0.15, -0.1) is 0 Å². The second-order valence-corrected chi connectivity index (χ2v) is 3.30. The molecule has 0 aliphatic carbocycles. The van der Waals surface area contributed by atoms with Crippen molar-refractivity contribution < 1.29 is 0 Å². The first kappa shape index (κ1) is 10.8. The van der Waals surface area contributed by atoms with E-state index in [9.17, 15) is 0 Å². The van der Waals surface area contributed by atoms with Crippen LogP contribution in [0.5, 0.6) is 0 Å². The van der Waals surface area contributed by atoms with E-state index in [1.165, 1.54) is 5.57 Å². The predicted octanol–water partition coefficient (Wildman–Crippen LogP) is 2.75. The zero-order chi connectivity index (χ0) is 10.4.